The molecule has 0 atom stereocenters. The van der Waals surface area contributed by atoms with Gasteiger partial charge in [-0.1, -0.05) is 0 Å². The van der Waals surface area contributed by atoms with Gasteiger partial charge in [-0.3, -0.25) is 9.97 Å². The lowest BCUT2D eigenvalue weighted by Crippen LogP contribution is -1.94. The Bertz CT molecular complexity index is 1340. The van der Waals surface area contributed by atoms with Crippen LogP contribution in [0.25, 0.3) is 56.0 Å². The highest BCUT2D eigenvalue weighted by Gasteiger charge is 2.16. The second kappa shape index (κ2) is 4.72. The fourth-order valence-corrected chi connectivity index (χ4v) is 2.83. The van der Waals surface area contributed by atoms with Crippen molar-refractivity contribution >= 4 is 44.5 Å². The predicted molar refractivity (Wildman–Crippen MR) is 88.8 cm³/mol. The van der Waals surface area contributed by atoms with Crippen molar-refractivity contribution in [3.05, 3.63) is 36.9 Å². The Morgan fingerprint density at radius 3 is 2.77 bits per heavy atom. The van der Waals surface area contributed by atoms with Crippen molar-refractivity contribution in [2.75, 3.05) is 0 Å². The molecule has 0 N–H and O–H groups in total. The van der Waals surface area contributed by atoms with Gasteiger partial charge in [0.2, 0.25) is 11.5 Å². The highest BCUT2D eigenvalue weighted by molar-refractivity contribution is 6.01. The van der Waals surface area contributed by atoms with Gasteiger partial charge in [-0.2, -0.15) is 9.97 Å². The third-order valence-corrected chi connectivity index (χ3v) is 4.00. The first kappa shape index (κ1) is 13.2. The first-order chi connectivity index (χ1) is 12.9. The van der Waals surface area contributed by atoms with E-state index < -0.39 is 0 Å². The van der Waals surface area contributed by atoms with E-state index in [2.05, 4.69) is 40.3 Å². The molecule has 10 heteroatoms. The lowest BCUT2D eigenvalue weighted by molar-refractivity contribution is 0.648. The Balaban J connectivity index is 1.57. The number of aromatic nitrogens is 8. The van der Waals surface area contributed by atoms with E-state index in [0.717, 1.165) is 0 Å². The molecule has 0 saturated heterocycles. The molecule has 0 radical (unpaired) electrons. The van der Waals surface area contributed by atoms with Gasteiger partial charge in [0.1, 0.15) is 23.1 Å². The molecular weight excluding hydrogens is 336 g/mol. The standard InChI is InChI=1S/C16H6N8O2/c1-2-9-12(17-3-1)13-16(25-9)21-14(24-23-13)8-4-10-7(5-18-8)11-15(26-10)19-6-20-22-11/h1-6H. The molecule has 6 heterocycles. The maximum absolute atomic E-state index is 5.69. The summed E-state index contributed by atoms with van der Waals surface area (Å²) < 4.78 is 11.4. The Hall–Kier alpha value is -4.08. The molecule has 26 heavy (non-hydrogen) atoms. The number of fused-ring (bicyclic) bond motifs is 6. The number of hydrogen-bond acceptors (Lipinski definition) is 10. The molecule has 10 nitrogen and oxygen atoms in total. The Morgan fingerprint density at radius 1 is 0.808 bits per heavy atom. The molecule has 0 spiro atoms. The summed E-state index contributed by atoms with van der Waals surface area (Å²) in [7, 11) is 0. The monoisotopic (exact) mass is 342 g/mol. The average molecular weight is 342 g/mol. The molecule has 0 aliphatic carbocycles. The van der Waals surface area contributed by atoms with Gasteiger partial charge in [0.05, 0.1) is 5.39 Å². The van der Waals surface area contributed by atoms with Gasteiger partial charge in [0.25, 0.3) is 5.71 Å². The summed E-state index contributed by atoms with van der Waals surface area (Å²) in [5, 5.41) is 16.9. The van der Waals surface area contributed by atoms with E-state index in [-0.39, 0.29) is 0 Å². The normalized spacial score (nSPS) is 11.8. The van der Waals surface area contributed by atoms with E-state index in [1.54, 1.807) is 30.6 Å². The molecule has 6 aromatic rings. The summed E-state index contributed by atoms with van der Waals surface area (Å²) in [5.41, 5.74) is 4.09. The van der Waals surface area contributed by atoms with E-state index in [1.807, 2.05) is 0 Å². The first-order valence-corrected chi connectivity index (χ1v) is 7.61. The third-order valence-electron chi connectivity index (χ3n) is 4.00. The van der Waals surface area contributed by atoms with Crippen molar-refractivity contribution < 1.29 is 8.83 Å². The fraction of sp³-hybridized carbons (Fsp3) is 0. The summed E-state index contributed by atoms with van der Waals surface area (Å²) in [5.74, 6) is 0.318. The lowest BCUT2D eigenvalue weighted by Gasteiger charge is -1.97. The highest BCUT2D eigenvalue weighted by atomic mass is 16.3. The molecule has 0 aliphatic heterocycles. The van der Waals surface area contributed by atoms with Crippen molar-refractivity contribution in [3.63, 3.8) is 0 Å². The zero-order valence-corrected chi connectivity index (χ0v) is 12.9. The SMILES string of the molecule is c1cnc2c(c1)oc1nc(-c3cc4oc5ncnnc5c4cn3)nnc12. The number of rotatable bonds is 1. The van der Waals surface area contributed by atoms with Crippen molar-refractivity contribution in [2.45, 2.75) is 0 Å². The van der Waals surface area contributed by atoms with E-state index in [9.17, 15) is 0 Å². The molecule has 122 valence electrons. The summed E-state index contributed by atoms with van der Waals surface area (Å²) >= 11 is 0. The van der Waals surface area contributed by atoms with Crippen LogP contribution in [-0.2, 0) is 0 Å². The highest BCUT2D eigenvalue weighted by Crippen LogP contribution is 2.28. The van der Waals surface area contributed by atoms with Gasteiger partial charge in [-0.15, -0.1) is 20.4 Å². The van der Waals surface area contributed by atoms with E-state index in [1.165, 1.54) is 6.33 Å². The summed E-state index contributed by atoms with van der Waals surface area (Å²) in [4.78, 5) is 17.1. The van der Waals surface area contributed by atoms with Crippen LogP contribution in [0.5, 0.6) is 0 Å². The number of furan rings is 2. The van der Waals surface area contributed by atoms with Gasteiger partial charge in [0, 0.05) is 18.5 Å². The first-order valence-electron chi connectivity index (χ1n) is 7.61. The number of pyridine rings is 2. The van der Waals surface area contributed by atoms with Gasteiger partial charge in [-0.25, -0.2) is 0 Å². The van der Waals surface area contributed by atoms with E-state index in [4.69, 9.17) is 8.83 Å². The molecule has 6 rings (SSSR count). The zero-order chi connectivity index (χ0) is 17.1. The van der Waals surface area contributed by atoms with Crippen molar-refractivity contribution in [2.24, 2.45) is 0 Å². The smallest absolute Gasteiger partial charge is 0.252 e. The van der Waals surface area contributed by atoms with Crippen LogP contribution < -0.4 is 0 Å². The van der Waals surface area contributed by atoms with Gasteiger partial charge in [0.15, 0.2) is 16.6 Å². The van der Waals surface area contributed by atoms with E-state index in [0.29, 0.717) is 56.0 Å². The topological polar surface area (TPSA) is 129 Å². The number of nitrogens with zero attached hydrogens (tertiary/aromatic N) is 8. The van der Waals surface area contributed by atoms with Crippen LogP contribution >= 0.6 is 0 Å². The van der Waals surface area contributed by atoms with Crippen molar-refractivity contribution in [1.82, 2.24) is 40.3 Å². The Labute approximate surface area is 142 Å². The largest absolute Gasteiger partial charge is 0.436 e. The minimum atomic E-state index is 0.318. The third kappa shape index (κ3) is 1.75. The van der Waals surface area contributed by atoms with Crippen LogP contribution in [0.15, 0.2) is 45.8 Å². The second-order valence-electron chi connectivity index (χ2n) is 5.52. The quantitative estimate of drug-likeness (QED) is 0.438. The second-order valence-corrected chi connectivity index (χ2v) is 5.52. The van der Waals surface area contributed by atoms with Crippen LogP contribution in [0.2, 0.25) is 0 Å². The maximum atomic E-state index is 5.69. The molecule has 6 aromatic heterocycles. The molecule has 0 amide bonds. The zero-order valence-electron chi connectivity index (χ0n) is 12.9. The molecule has 0 aromatic carbocycles. The number of hydrogen-bond donors (Lipinski definition) is 0. The molecular formula is C16H6N8O2. The summed E-state index contributed by atoms with van der Waals surface area (Å²) in [6.45, 7) is 0. The fourth-order valence-electron chi connectivity index (χ4n) is 2.83. The van der Waals surface area contributed by atoms with Crippen LogP contribution in [0, 0.1) is 0 Å². The van der Waals surface area contributed by atoms with Crippen LogP contribution in [-0.4, -0.2) is 40.3 Å². The predicted octanol–water partition coefficient (Wildman–Crippen LogP) is 2.31. The molecule has 0 bridgehead atoms. The summed E-state index contributed by atoms with van der Waals surface area (Å²) in [6.07, 6.45) is 4.62. The lowest BCUT2D eigenvalue weighted by atomic mass is 10.2. The van der Waals surface area contributed by atoms with Gasteiger partial charge in [-0.05, 0) is 12.1 Å². The van der Waals surface area contributed by atoms with Gasteiger partial charge < -0.3 is 8.83 Å². The van der Waals surface area contributed by atoms with Crippen LogP contribution in [0.4, 0.5) is 0 Å². The molecule has 0 aliphatic rings. The van der Waals surface area contributed by atoms with Crippen LogP contribution in [0.1, 0.15) is 0 Å². The molecule has 0 unspecified atom stereocenters. The Morgan fingerprint density at radius 2 is 1.77 bits per heavy atom. The average Bonchev–Trinajstić information content (AvgIpc) is 3.24. The summed E-state index contributed by atoms with van der Waals surface area (Å²) in [6, 6.07) is 5.30. The molecule has 0 fully saturated rings. The van der Waals surface area contributed by atoms with Gasteiger partial charge >= 0.3 is 0 Å². The van der Waals surface area contributed by atoms with Crippen LogP contribution in [0.3, 0.4) is 0 Å². The van der Waals surface area contributed by atoms with E-state index >= 15 is 0 Å². The Kier molecular flexibility index (Phi) is 2.41. The minimum absolute atomic E-state index is 0.318. The minimum Gasteiger partial charge on any atom is -0.436 e. The van der Waals surface area contributed by atoms with Crippen molar-refractivity contribution in [1.29, 1.82) is 0 Å². The molecule has 0 saturated carbocycles. The maximum Gasteiger partial charge on any atom is 0.252 e. The van der Waals surface area contributed by atoms with Crippen molar-refractivity contribution in [3.8, 4) is 11.5 Å².